The van der Waals surface area contributed by atoms with Crippen molar-refractivity contribution in [2.24, 2.45) is 5.73 Å². The fraction of sp³-hybridized carbons (Fsp3) is 0.333. The minimum atomic E-state index is -3.50. The van der Waals surface area contributed by atoms with Gasteiger partial charge in [-0.25, -0.2) is 0 Å². The van der Waals surface area contributed by atoms with Crippen molar-refractivity contribution in [2.75, 3.05) is 0 Å². The summed E-state index contributed by atoms with van der Waals surface area (Å²) in [6.45, 7) is 3.21. The van der Waals surface area contributed by atoms with Crippen molar-refractivity contribution >= 4 is 0 Å². The monoisotopic (exact) mass is 155 g/mol. The third-order valence-corrected chi connectivity index (χ3v) is 1.09. The Morgan fingerprint density at radius 2 is 2.25 bits per heavy atom. The van der Waals surface area contributed by atoms with Gasteiger partial charge in [0.1, 0.15) is 0 Å². The second-order valence-corrected chi connectivity index (χ2v) is 2.06. The van der Waals surface area contributed by atoms with E-state index in [1.54, 1.807) is 0 Å². The van der Waals surface area contributed by atoms with E-state index in [1.165, 1.54) is 6.08 Å². The van der Waals surface area contributed by atoms with Gasteiger partial charge < -0.3 is 0 Å². The Bertz CT molecular complexity index is 133. The van der Waals surface area contributed by atoms with Crippen LogP contribution in [0, 0.1) is 0 Å². The Hall–Kier alpha value is -0.156. The van der Waals surface area contributed by atoms with E-state index in [2.05, 4.69) is 10.2 Å². The molecule has 0 aromatic carbocycles. The summed E-state index contributed by atoms with van der Waals surface area (Å²) in [6.07, 6.45) is 0.336. The fourth-order valence-electron chi connectivity index (χ4n) is 0.142. The van der Waals surface area contributed by atoms with Crippen LogP contribution >= 0.6 is 0 Å². The molecule has 0 spiro atoms. The fourth-order valence-corrected chi connectivity index (χ4v) is 0.587. The standard InChI is InChI=1S/C3H6NO.2O.V/c1-2-3(4)5;;;/h2-3H,1,4H2;;;/q-1;;;+1. The second-order valence-electron chi connectivity index (χ2n) is 1.03. The predicted octanol–water partition coefficient (Wildman–Crippen LogP) is -0.302. The number of hydrogen-bond acceptors (Lipinski definition) is 4. The summed E-state index contributed by atoms with van der Waals surface area (Å²) in [5, 5.41) is 0. The van der Waals surface area contributed by atoms with E-state index in [4.69, 9.17) is 5.73 Å². The molecule has 0 rings (SSSR count). The Kier molecular flexibility index (Phi) is 3.73. The molecular formula is C3H6NO3V. The molecule has 0 aliphatic heterocycles. The van der Waals surface area contributed by atoms with Crippen LogP contribution in [-0.2, 0) is 26.4 Å². The summed E-state index contributed by atoms with van der Waals surface area (Å²) in [5.74, 6) is 0. The molecule has 0 radical (unpaired) electrons. The molecule has 0 bridgehead atoms. The van der Waals surface area contributed by atoms with Gasteiger partial charge in [-0.1, -0.05) is 0 Å². The molecule has 0 aliphatic carbocycles. The summed E-state index contributed by atoms with van der Waals surface area (Å²) in [5.41, 5.74) is 4.97. The molecule has 46 valence electrons. The Morgan fingerprint density at radius 3 is 2.38 bits per heavy atom. The van der Waals surface area contributed by atoms with E-state index in [0.29, 0.717) is 0 Å². The molecule has 0 saturated carbocycles. The molecule has 0 amide bonds. The molecule has 8 heavy (non-hydrogen) atoms. The summed E-state index contributed by atoms with van der Waals surface area (Å²) >= 11 is -3.50. The maximum absolute atomic E-state index is 9.74. The first-order valence-corrected chi connectivity index (χ1v) is 3.57. The zero-order chi connectivity index (χ0) is 6.57. The van der Waals surface area contributed by atoms with Crippen molar-refractivity contribution in [3.8, 4) is 0 Å². The van der Waals surface area contributed by atoms with Crippen LogP contribution < -0.4 is 5.73 Å². The van der Waals surface area contributed by atoms with E-state index < -0.39 is 21.6 Å². The summed E-state index contributed by atoms with van der Waals surface area (Å²) < 4.78 is 23.6. The van der Waals surface area contributed by atoms with Crippen molar-refractivity contribution in [2.45, 2.75) is 6.23 Å². The molecule has 2 N–H and O–H groups in total. The first-order valence-electron chi connectivity index (χ1n) is 1.86. The maximum atomic E-state index is 9.74. The number of nitrogens with two attached hydrogens (primary N) is 1. The third kappa shape index (κ3) is 4.02. The second kappa shape index (κ2) is 3.80. The van der Waals surface area contributed by atoms with Crippen LogP contribution in [0.1, 0.15) is 0 Å². The molecule has 5 heteroatoms. The Morgan fingerprint density at radius 1 is 1.75 bits per heavy atom. The Labute approximate surface area is 51.7 Å². The van der Waals surface area contributed by atoms with Gasteiger partial charge in [-0.3, -0.25) is 0 Å². The first kappa shape index (κ1) is 7.84. The van der Waals surface area contributed by atoms with Gasteiger partial charge in [-0.2, -0.15) is 0 Å². The van der Waals surface area contributed by atoms with Crippen molar-refractivity contribution in [3.05, 3.63) is 12.7 Å². The van der Waals surface area contributed by atoms with Gasteiger partial charge in [-0.15, -0.1) is 0 Å². The molecule has 1 atom stereocenters. The van der Waals surface area contributed by atoms with Gasteiger partial charge in [-0.05, 0) is 0 Å². The SMILES string of the molecule is C=CC(N)[O][V](=[O])=[O]. The van der Waals surface area contributed by atoms with Crippen molar-refractivity contribution < 1.29 is 26.4 Å². The quantitative estimate of drug-likeness (QED) is 0.448. The molecule has 0 fully saturated rings. The molecule has 0 aliphatic rings. The zero-order valence-corrected chi connectivity index (χ0v) is 5.51. The molecule has 0 aromatic rings. The van der Waals surface area contributed by atoms with Crippen molar-refractivity contribution in [3.63, 3.8) is 0 Å². The molecule has 4 nitrogen and oxygen atoms in total. The molecule has 1 unspecified atom stereocenters. The van der Waals surface area contributed by atoms with Gasteiger partial charge in [0.2, 0.25) is 0 Å². The van der Waals surface area contributed by atoms with E-state index in [0.717, 1.165) is 0 Å². The van der Waals surface area contributed by atoms with E-state index in [9.17, 15) is 7.35 Å². The number of hydrogen-bond donors (Lipinski definition) is 1. The first-order chi connectivity index (χ1) is 3.66. The average Bonchev–Trinajstić information content (AvgIpc) is 1.65. The van der Waals surface area contributed by atoms with E-state index >= 15 is 0 Å². The molecule has 0 heterocycles. The van der Waals surface area contributed by atoms with Gasteiger partial charge in [0, 0.05) is 0 Å². The van der Waals surface area contributed by atoms with Crippen molar-refractivity contribution in [1.82, 2.24) is 0 Å². The van der Waals surface area contributed by atoms with Crippen LogP contribution in [0.25, 0.3) is 0 Å². The van der Waals surface area contributed by atoms with Gasteiger partial charge in [0.15, 0.2) is 0 Å². The summed E-state index contributed by atoms with van der Waals surface area (Å²) in [7, 11) is 0. The third-order valence-electron chi connectivity index (χ3n) is 0.440. The van der Waals surface area contributed by atoms with E-state index in [1.807, 2.05) is 0 Å². The topological polar surface area (TPSA) is 69.4 Å². The zero-order valence-electron chi connectivity index (χ0n) is 4.11. The van der Waals surface area contributed by atoms with Crippen LogP contribution in [0.4, 0.5) is 0 Å². The number of rotatable bonds is 3. The predicted molar refractivity (Wildman–Crippen MR) is 20.6 cm³/mol. The van der Waals surface area contributed by atoms with Gasteiger partial charge in [0.25, 0.3) is 0 Å². The molecular weight excluding hydrogens is 149 g/mol. The molecule has 0 saturated heterocycles. The van der Waals surface area contributed by atoms with Crippen LogP contribution in [0.15, 0.2) is 12.7 Å². The van der Waals surface area contributed by atoms with Gasteiger partial charge in [0.05, 0.1) is 0 Å². The van der Waals surface area contributed by atoms with Crippen LogP contribution in [0.5, 0.6) is 0 Å². The summed E-state index contributed by atoms with van der Waals surface area (Å²) in [6, 6.07) is 0. The van der Waals surface area contributed by atoms with E-state index in [-0.39, 0.29) is 0 Å². The van der Waals surface area contributed by atoms with Crippen LogP contribution in [-0.4, -0.2) is 6.23 Å². The van der Waals surface area contributed by atoms with Crippen molar-refractivity contribution in [1.29, 1.82) is 0 Å². The Balaban J connectivity index is 3.54. The summed E-state index contributed by atoms with van der Waals surface area (Å²) in [4.78, 5) is 0. The minimum absolute atomic E-state index is 0.870. The normalized spacial score (nSPS) is 12.6. The average molecular weight is 155 g/mol. The van der Waals surface area contributed by atoms with Crippen LogP contribution in [0.3, 0.4) is 0 Å². The van der Waals surface area contributed by atoms with Gasteiger partial charge >= 0.3 is 51.0 Å². The van der Waals surface area contributed by atoms with Crippen LogP contribution in [0.2, 0.25) is 0 Å². The molecule has 0 aromatic heterocycles.